The Bertz CT molecular complexity index is 369. The summed E-state index contributed by atoms with van der Waals surface area (Å²) in [5.41, 5.74) is 0.498. The van der Waals surface area contributed by atoms with Crippen LogP contribution in [0.5, 0.6) is 5.88 Å². The molecule has 0 aromatic carbocycles. The van der Waals surface area contributed by atoms with Crippen molar-refractivity contribution in [3.63, 3.8) is 0 Å². The summed E-state index contributed by atoms with van der Waals surface area (Å²) in [6.45, 7) is 4.10. The molecule has 1 aromatic rings. The molecule has 3 N–H and O–H groups in total. The zero-order valence-electron chi connectivity index (χ0n) is 9.93. The molecule has 0 unspecified atom stereocenters. The maximum absolute atomic E-state index is 11.5. The number of anilines is 1. The third kappa shape index (κ3) is 4.69. The fraction of sp³-hybridized carbons (Fsp3) is 0.455. The summed E-state index contributed by atoms with van der Waals surface area (Å²) in [6, 6.07) is 2.99. The van der Waals surface area contributed by atoms with Crippen LogP contribution in [0, 0.1) is 0 Å². The molecule has 1 heterocycles. The number of amides is 2. The van der Waals surface area contributed by atoms with Gasteiger partial charge >= 0.3 is 6.03 Å². The van der Waals surface area contributed by atoms with Gasteiger partial charge < -0.3 is 20.5 Å². The first kappa shape index (κ1) is 13.2. The highest BCUT2D eigenvalue weighted by atomic mass is 16.5. The van der Waals surface area contributed by atoms with Crippen molar-refractivity contribution in [2.24, 2.45) is 0 Å². The normalized spacial score (nSPS) is 11.7. The van der Waals surface area contributed by atoms with E-state index in [9.17, 15) is 4.79 Å². The van der Waals surface area contributed by atoms with Gasteiger partial charge in [0, 0.05) is 12.7 Å². The summed E-state index contributed by atoms with van der Waals surface area (Å²) in [5, 5.41) is 14.1. The van der Waals surface area contributed by atoms with Gasteiger partial charge in [0.2, 0.25) is 5.88 Å². The van der Waals surface area contributed by atoms with Crippen LogP contribution in [0.3, 0.4) is 0 Å². The zero-order chi connectivity index (χ0) is 12.7. The molecule has 94 valence electrons. The molecule has 0 aliphatic rings. The highest BCUT2D eigenvalue weighted by molar-refractivity contribution is 5.90. The number of rotatable bonds is 5. The summed E-state index contributed by atoms with van der Waals surface area (Å²) in [6.07, 6.45) is 1.00. The van der Waals surface area contributed by atoms with E-state index in [0.29, 0.717) is 18.2 Å². The number of pyridine rings is 1. The van der Waals surface area contributed by atoms with Crippen molar-refractivity contribution in [3.05, 3.63) is 18.3 Å². The molecule has 6 heteroatoms. The average Bonchev–Trinajstić information content (AvgIpc) is 2.29. The van der Waals surface area contributed by atoms with Gasteiger partial charge in [0.25, 0.3) is 0 Å². The lowest BCUT2D eigenvalue weighted by molar-refractivity contribution is 0.190. The van der Waals surface area contributed by atoms with Crippen molar-refractivity contribution >= 4 is 11.7 Å². The highest BCUT2D eigenvalue weighted by Gasteiger charge is 2.08. The smallest absolute Gasteiger partial charge is 0.319 e. The predicted molar refractivity (Wildman–Crippen MR) is 64.1 cm³/mol. The number of nitrogens with one attached hydrogen (secondary N) is 2. The molecule has 1 atom stereocenters. The van der Waals surface area contributed by atoms with Crippen molar-refractivity contribution in [1.82, 2.24) is 10.3 Å². The van der Waals surface area contributed by atoms with E-state index in [1.807, 2.05) is 6.92 Å². The van der Waals surface area contributed by atoms with Crippen LogP contribution in [-0.2, 0) is 0 Å². The summed E-state index contributed by atoms with van der Waals surface area (Å²) in [4.78, 5) is 15.5. The Morgan fingerprint density at radius 1 is 1.65 bits per heavy atom. The van der Waals surface area contributed by atoms with Crippen molar-refractivity contribution in [1.29, 1.82) is 0 Å². The van der Waals surface area contributed by atoms with Crippen LogP contribution in [0.1, 0.15) is 13.8 Å². The van der Waals surface area contributed by atoms with Crippen LogP contribution < -0.4 is 15.4 Å². The summed E-state index contributed by atoms with van der Waals surface area (Å²) in [5.74, 6) is 0.377. The monoisotopic (exact) mass is 239 g/mol. The molecule has 0 fully saturated rings. The van der Waals surface area contributed by atoms with E-state index in [-0.39, 0.29) is 6.54 Å². The maximum atomic E-state index is 11.5. The van der Waals surface area contributed by atoms with Crippen molar-refractivity contribution < 1.29 is 14.6 Å². The van der Waals surface area contributed by atoms with Crippen molar-refractivity contribution in [3.8, 4) is 5.88 Å². The van der Waals surface area contributed by atoms with E-state index in [4.69, 9.17) is 9.84 Å². The van der Waals surface area contributed by atoms with E-state index in [1.165, 1.54) is 0 Å². The molecule has 0 saturated carbocycles. The number of carbonyl (C=O) groups is 1. The van der Waals surface area contributed by atoms with Gasteiger partial charge in [0.1, 0.15) is 5.69 Å². The van der Waals surface area contributed by atoms with Crippen LogP contribution in [0.25, 0.3) is 0 Å². The first-order valence-corrected chi connectivity index (χ1v) is 5.44. The molecular formula is C11H17N3O3. The number of ether oxygens (including phenoxy) is 1. The third-order valence-corrected chi connectivity index (χ3v) is 1.86. The minimum Gasteiger partial charge on any atom is -0.476 e. The SMILES string of the molecule is CCOc1ncccc1NC(=O)NC[C@H](C)O. The lowest BCUT2D eigenvalue weighted by atomic mass is 10.4. The number of hydrogen-bond donors (Lipinski definition) is 3. The maximum Gasteiger partial charge on any atom is 0.319 e. The number of nitrogens with zero attached hydrogens (tertiary/aromatic N) is 1. The van der Waals surface area contributed by atoms with Crippen LogP contribution in [0.2, 0.25) is 0 Å². The Morgan fingerprint density at radius 2 is 2.41 bits per heavy atom. The Balaban J connectivity index is 2.58. The van der Waals surface area contributed by atoms with E-state index in [0.717, 1.165) is 0 Å². The first-order valence-electron chi connectivity index (χ1n) is 5.44. The van der Waals surface area contributed by atoms with Crippen LogP contribution in [-0.4, -0.2) is 35.4 Å². The topological polar surface area (TPSA) is 83.5 Å². The zero-order valence-corrected chi connectivity index (χ0v) is 9.93. The minimum absolute atomic E-state index is 0.191. The predicted octanol–water partition coefficient (Wildman–Crippen LogP) is 0.983. The van der Waals surface area contributed by atoms with E-state index >= 15 is 0 Å². The fourth-order valence-electron chi connectivity index (χ4n) is 1.14. The minimum atomic E-state index is -0.582. The lowest BCUT2D eigenvalue weighted by Crippen LogP contribution is -2.34. The van der Waals surface area contributed by atoms with E-state index in [1.54, 1.807) is 25.3 Å². The number of carbonyl (C=O) groups excluding carboxylic acids is 1. The first-order chi connectivity index (χ1) is 8.13. The van der Waals surface area contributed by atoms with Gasteiger partial charge in [0.05, 0.1) is 12.7 Å². The van der Waals surface area contributed by atoms with Crippen LogP contribution in [0.15, 0.2) is 18.3 Å². The van der Waals surface area contributed by atoms with Crippen LogP contribution >= 0.6 is 0 Å². The molecule has 6 nitrogen and oxygen atoms in total. The largest absolute Gasteiger partial charge is 0.476 e. The average molecular weight is 239 g/mol. The summed E-state index contributed by atoms with van der Waals surface area (Å²) < 4.78 is 5.26. The fourth-order valence-corrected chi connectivity index (χ4v) is 1.14. The molecule has 1 rings (SSSR count). The quantitative estimate of drug-likeness (QED) is 0.715. The molecule has 0 aliphatic heterocycles. The molecule has 0 bridgehead atoms. The Morgan fingerprint density at radius 3 is 3.06 bits per heavy atom. The highest BCUT2D eigenvalue weighted by Crippen LogP contribution is 2.19. The van der Waals surface area contributed by atoms with Crippen molar-refractivity contribution in [2.75, 3.05) is 18.5 Å². The second kappa shape index (κ2) is 6.70. The van der Waals surface area contributed by atoms with Gasteiger partial charge in [-0.2, -0.15) is 0 Å². The molecule has 1 aromatic heterocycles. The van der Waals surface area contributed by atoms with Gasteiger partial charge in [-0.1, -0.05) is 0 Å². The van der Waals surface area contributed by atoms with E-state index in [2.05, 4.69) is 15.6 Å². The molecule has 2 amide bonds. The van der Waals surface area contributed by atoms with Crippen LogP contribution in [0.4, 0.5) is 10.5 Å². The van der Waals surface area contributed by atoms with Gasteiger partial charge in [0.15, 0.2) is 0 Å². The second-order valence-electron chi connectivity index (χ2n) is 3.47. The number of aliphatic hydroxyl groups is 1. The number of urea groups is 1. The summed E-state index contributed by atoms with van der Waals surface area (Å²) in [7, 11) is 0. The molecule has 0 saturated heterocycles. The molecule has 0 aliphatic carbocycles. The Hall–Kier alpha value is -1.82. The second-order valence-corrected chi connectivity index (χ2v) is 3.47. The number of hydrogen-bond acceptors (Lipinski definition) is 4. The van der Waals surface area contributed by atoms with Gasteiger partial charge in [-0.3, -0.25) is 0 Å². The van der Waals surface area contributed by atoms with Gasteiger partial charge in [-0.15, -0.1) is 0 Å². The molecular weight excluding hydrogens is 222 g/mol. The van der Waals surface area contributed by atoms with Gasteiger partial charge in [-0.05, 0) is 26.0 Å². The summed E-state index contributed by atoms with van der Waals surface area (Å²) >= 11 is 0. The molecule has 0 spiro atoms. The van der Waals surface area contributed by atoms with E-state index < -0.39 is 12.1 Å². The molecule has 17 heavy (non-hydrogen) atoms. The molecule has 0 radical (unpaired) electrons. The lowest BCUT2D eigenvalue weighted by Gasteiger charge is -2.11. The number of aromatic nitrogens is 1. The van der Waals surface area contributed by atoms with Gasteiger partial charge in [-0.25, -0.2) is 9.78 Å². The Kier molecular flexibility index (Phi) is 5.22. The standard InChI is InChI=1S/C11H17N3O3/c1-3-17-10-9(5-4-6-12-10)14-11(16)13-7-8(2)15/h4-6,8,15H,3,7H2,1-2H3,(H2,13,14,16)/t8-/m0/s1. The Labute approximate surface area is 100 Å². The third-order valence-electron chi connectivity index (χ3n) is 1.86. The van der Waals surface area contributed by atoms with Crippen molar-refractivity contribution in [2.45, 2.75) is 20.0 Å². The number of aliphatic hydroxyl groups excluding tert-OH is 1.